The minimum absolute atomic E-state index is 0.0335. The zero-order chi connectivity index (χ0) is 22.8. The Morgan fingerprint density at radius 1 is 0.758 bits per heavy atom. The highest BCUT2D eigenvalue weighted by Crippen LogP contribution is 2.29. The topological polar surface area (TPSA) is 60.9 Å². The molecule has 0 radical (unpaired) electrons. The molecule has 3 aromatic carbocycles. The first-order valence-electron chi connectivity index (χ1n) is 11.3. The largest absolute Gasteiger partial charge is 0.308 e. The van der Waals surface area contributed by atoms with E-state index in [4.69, 9.17) is 0 Å². The van der Waals surface area contributed by atoms with Crippen LogP contribution in [0.2, 0.25) is 0 Å². The van der Waals surface area contributed by atoms with Gasteiger partial charge in [-0.3, -0.25) is 9.69 Å². The molecular weight excluding hydrogens is 434 g/mol. The van der Waals surface area contributed by atoms with Gasteiger partial charge in [0.05, 0.1) is 4.90 Å². The lowest BCUT2D eigenvalue weighted by atomic mass is 10.1. The molecular formula is C26H27N3O3S. The number of fused-ring (bicyclic) bond motifs is 1. The lowest BCUT2D eigenvalue weighted by molar-refractivity contribution is 0.0989. The average Bonchev–Trinajstić information content (AvgIpc) is 3.29. The minimum atomic E-state index is -3.44. The summed E-state index contributed by atoms with van der Waals surface area (Å²) in [4.78, 5) is 17.5. The summed E-state index contributed by atoms with van der Waals surface area (Å²) in [5.41, 5.74) is 4.03. The van der Waals surface area contributed by atoms with Gasteiger partial charge in [-0.05, 0) is 47.9 Å². The van der Waals surface area contributed by atoms with Crippen molar-refractivity contribution in [2.75, 3.05) is 37.6 Å². The Kier molecular flexibility index (Phi) is 6.01. The number of hydrogen-bond donors (Lipinski definition) is 0. The smallest absolute Gasteiger partial charge is 0.258 e. The first-order chi connectivity index (χ1) is 16.0. The fraction of sp³-hybridized carbons (Fsp3) is 0.269. The average molecular weight is 462 g/mol. The third-order valence-corrected chi connectivity index (χ3v) is 8.36. The number of amides is 1. The maximum atomic E-state index is 13.0. The van der Waals surface area contributed by atoms with Crippen LogP contribution >= 0.6 is 0 Å². The van der Waals surface area contributed by atoms with Crippen LogP contribution < -0.4 is 4.90 Å². The molecule has 0 unspecified atom stereocenters. The molecule has 5 rings (SSSR count). The van der Waals surface area contributed by atoms with Crippen molar-refractivity contribution < 1.29 is 13.2 Å². The lowest BCUT2D eigenvalue weighted by Crippen LogP contribution is -2.48. The Morgan fingerprint density at radius 2 is 1.42 bits per heavy atom. The Morgan fingerprint density at radius 3 is 2.15 bits per heavy atom. The monoisotopic (exact) mass is 461 g/mol. The van der Waals surface area contributed by atoms with Crippen LogP contribution in [0.25, 0.3) is 0 Å². The van der Waals surface area contributed by atoms with Gasteiger partial charge in [0, 0.05) is 50.5 Å². The number of rotatable bonds is 5. The van der Waals surface area contributed by atoms with Crippen molar-refractivity contribution in [2.45, 2.75) is 17.9 Å². The van der Waals surface area contributed by atoms with E-state index in [1.807, 2.05) is 53.4 Å². The summed E-state index contributed by atoms with van der Waals surface area (Å²) in [6, 6.07) is 24.5. The fourth-order valence-electron chi connectivity index (χ4n) is 4.59. The highest BCUT2D eigenvalue weighted by atomic mass is 32.2. The van der Waals surface area contributed by atoms with E-state index in [1.165, 1.54) is 5.56 Å². The SMILES string of the molecule is O=C(c1ccc(CN2CCN(S(=O)(=O)c3ccccc3)CC2)cc1)N1CCc2ccccc21. The molecule has 170 valence electrons. The summed E-state index contributed by atoms with van der Waals surface area (Å²) in [5, 5.41) is 0. The van der Waals surface area contributed by atoms with Gasteiger partial charge in [0.15, 0.2) is 0 Å². The summed E-state index contributed by atoms with van der Waals surface area (Å²) >= 11 is 0. The molecule has 2 heterocycles. The minimum Gasteiger partial charge on any atom is -0.308 e. The van der Waals surface area contributed by atoms with Gasteiger partial charge >= 0.3 is 0 Å². The van der Waals surface area contributed by atoms with E-state index in [2.05, 4.69) is 11.0 Å². The standard InChI is InChI=1S/C26H27N3O3S/c30-26(29-15-14-22-6-4-5-9-25(22)29)23-12-10-21(11-13-23)20-27-16-18-28(19-17-27)33(31,32)24-7-2-1-3-8-24/h1-13H,14-20H2. The van der Waals surface area contributed by atoms with Gasteiger partial charge in [-0.1, -0.05) is 48.5 Å². The molecule has 0 saturated carbocycles. The van der Waals surface area contributed by atoms with Crippen molar-refractivity contribution in [3.05, 3.63) is 95.6 Å². The van der Waals surface area contributed by atoms with Crippen molar-refractivity contribution in [1.29, 1.82) is 0 Å². The molecule has 0 bridgehead atoms. The second kappa shape index (κ2) is 9.09. The van der Waals surface area contributed by atoms with Crippen LogP contribution in [-0.2, 0) is 23.0 Å². The number of sulfonamides is 1. The van der Waals surface area contributed by atoms with Crippen LogP contribution in [0, 0.1) is 0 Å². The summed E-state index contributed by atoms with van der Waals surface area (Å²) in [6.45, 7) is 3.76. The van der Waals surface area contributed by atoms with E-state index in [1.54, 1.807) is 28.6 Å². The second-order valence-electron chi connectivity index (χ2n) is 8.53. The summed E-state index contributed by atoms with van der Waals surface area (Å²) < 4.78 is 27.2. The van der Waals surface area contributed by atoms with Crippen molar-refractivity contribution in [1.82, 2.24) is 9.21 Å². The molecule has 33 heavy (non-hydrogen) atoms. The summed E-state index contributed by atoms with van der Waals surface area (Å²) in [6.07, 6.45) is 0.895. The molecule has 2 aliphatic rings. The van der Waals surface area contributed by atoms with E-state index in [9.17, 15) is 13.2 Å². The van der Waals surface area contributed by atoms with Gasteiger partial charge in [-0.15, -0.1) is 0 Å². The lowest BCUT2D eigenvalue weighted by Gasteiger charge is -2.34. The molecule has 0 N–H and O–H groups in total. The van der Waals surface area contributed by atoms with Gasteiger partial charge in [0.25, 0.3) is 5.91 Å². The molecule has 7 heteroatoms. The van der Waals surface area contributed by atoms with Crippen molar-refractivity contribution >= 4 is 21.6 Å². The van der Waals surface area contributed by atoms with Crippen molar-refractivity contribution in [3.63, 3.8) is 0 Å². The molecule has 0 atom stereocenters. The van der Waals surface area contributed by atoms with E-state index in [-0.39, 0.29) is 5.91 Å². The number of hydrogen-bond acceptors (Lipinski definition) is 4. The molecule has 0 aliphatic carbocycles. The molecule has 0 aromatic heterocycles. The van der Waals surface area contributed by atoms with E-state index in [0.717, 1.165) is 30.8 Å². The predicted octanol–water partition coefficient (Wildman–Crippen LogP) is 3.40. The predicted molar refractivity (Wildman–Crippen MR) is 129 cm³/mol. The summed E-state index contributed by atoms with van der Waals surface area (Å²) in [7, 11) is -3.44. The van der Waals surface area contributed by atoms with Crippen molar-refractivity contribution in [2.24, 2.45) is 0 Å². The number of piperazine rings is 1. The van der Waals surface area contributed by atoms with Gasteiger partial charge in [0.2, 0.25) is 10.0 Å². The normalized spacial score (nSPS) is 17.2. The van der Waals surface area contributed by atoms with E-state index < -0.39 is 10.0 Å². The van der Waals surface area contributed by atoms with Crippen LogP contribution in [0.15, 0.2) is 83.8 Å². The number of nitrogens with zero attached hydrogens (tertiary/aromatic N) is 3. The van der Waals surface area contributed by atoms with Crippen LogP contribution in [0.4, 0.5) is 5.69 Å². The second-order valence-corrected chi connectivity index (χ2v) is 10.5. The van der Waals surface area contributed by atoms with Crippen LogP contribution in [0.5, 0.6) is 0 Å². The Bertz CT molecular complexity index is 1240. The number of carbonyl (C=O) groups is 1. The number of para-hydroxylation sites is 1. The van der Waals surface area contributed by atoms with E-state index >= 15 is 0 Å². The van der Waals surface area contributed by atoms with Crippen LogP contribution in [0.3, 0.4) is 0 Å². The highest BCUT2D eigenvalue weighted by Gasteiger charge is 2.28. The molecule has 0 spiro atoms. The molecule has 1 fully saturated rings. The molecule has 3 aromatic rings. The number of carbonyl (C=O) groups excluding carboxylic acids is 1. The third-order valence-electron chi connectivity index (χ3n) is 6.45. The zero-order valence-corrected chi connectivity index (χ0v) is 19.2. The van der Waals surface area contributed by atoms with Crippen LogP contribution in [-0.4, -0.2) is 56.3 Å². The Labute approximate surface area is 195 Å². The van der Waals surface area contributed by atoms with Crippen molar-refractivity contribution in [3.8, 4) is 0 Å². The number of benzene rings is 3. The van der Waals surface area contributed by atoms with Gasteiger partial charge in [-0.2, -0.15) is 4.31 Å². The Balaban J connectivity index is 1.19. The summed E-state index contributed by atoms with van der Waals surface area (Å²) in [5.74, 6) is 0.0335. The molecule has 6 nitrogen and oxygen atoms in total. The van der Waals surface area contributed by atoms with Crippen LogP contribution in [0.1, 0.15) is 21.5 Å². The third kappa shape index (κ3) is 4.44. The Hall–Kier alpha value is -3.00. The number of anilines is 1. The molecule has 1 amide bonds. The zero-order valence-electron chi connectivity index (χ0n) is 18.4. The maximum absolute atomic E-state index is 13.0. The first kappa shape index (κ1) is 21.8. The molecule has 2 aliphatic heterocycles. The highest BCUT2D eigenvalue weighted by molar-refractivity contribution is 7.89. The van der Waals surface area contributed by atoms with Gasteiger partial charge in [-0.25, -0.2) is 8.42 Å². The van der Waals surface area contributed by atoms with Gasteiger partial charge < -0.3 is 4.90 Å². The van der Waals surface area contributed by atoms with E-state index in [0.29, 0.717) is 36.6 Å². The fourth-order valence-corrected chi connectivity index (χ4v) is 6.03. The van der Waals surface area contributed by atoms with Gasteiger partial charge in [0.1, 0.15) is 0 Å². The maximum Gasteiger partial charge on any atom is 0.258 e. The quantitative estimate of drug-likeness (QED) is 0.584. The molecule has 1 saturated heterocycles. The first-order valence-corrected chi connectivity index (χ1v) is 12.7.